The Morgan fingerprint density at radius 1 is 1.45 bits per heavy atom. The fraction of sp³-hybridized carbons (Fsp3) is 0.588. The molecule has 1 amide bonds. The SMILES string of the molecule is COCC[C@H]1CO[C@@]2(CCN(C(=O)c3ccc(O)cc3)C2)C1. The van der Waals surface area contributed by atoms with Gasteiger partial charge in [-0.05, 0) is 49.4 Å². The third-order valence-corrected chi connectivity index (χ3v) is 4.73. The summed E-state index contributed by atoms with van der Waals surface area (Å²) in [5.74, 6) is 0.721. The van der Waals surface area contributed by atoms with E-state index in [1.54, 1.807) is 31.4 Å². The molecule has 2 heterocycles. The van der Waals surface area contributed by atoms with E-state index in [1.165, 1.54) is 0 Å². The molecule has 0 aromatic heterocycles. The van der Waals surface area contributed by atoms with Crippen LogP contribution in [0.3, 0.4) is 0 Å². The van der Waals surface area contributed by atoms with Crippen molar-refractivity contribution in [3.8, 4) is 5.75 Å². The highest BCUT2D eigenvalue weighted by molar-refractivity contribution is 5.94. The molecule has 0 bridgehead atoms. The molecule has 3 rings (SSSR count). The van der Waals surface area contributed by atoms with E-state index in [4.69, 9.17) is 9.47 Å². The van der Waals surface area contributed by atoms with E-state index in [1.807, 2.05) is 4.90 Å². The number of hydrogen-bond acceptors (Lipinski definition) is 4. The van der Waals surface area contributed by atoms with Gasteiger partial charge in [-0.15, -0.1) is 0 Å². The van der Waals surface area contributed by atoms with Crippen molar-refractivity contribution in [3.05, 3.63) is 29.8 Å². The molecule has 2 fully saturated rings. The molecular formula is C17H23NO4. The summed E-state index contributed by atoms with van der Waals surface area (Å²) in [7, 11) is 1.72. The van der Waals surface area contributed by atoms with Crippen molar-refractivity contribution in [2.24, 2.45) is 5.92 Å². The van der Waals surface area contributed by atoms with E-state index < -0.39 is 0 Å². The maximum atomic E-state index is 12.5. The number of amides is 1. The second kappa shape index (κ2) is 6.26. The number of aromatic hydroxyl groups is 1. The van der Waals surface area contributed by atoms with Gasteiger partial charge in [-0.1, -0.05) is 0 Å². The fourth-order valence-corrected chi connectivity index (χ4v) is 3.50. The maximum Gasteiger partial charge on any atom is 0.253 e. The Bertz CT molecular complexity index is 530. The molecule has 1 spiro atoms. The minimum atomic E-state index is -0.162. The number of nitrogens with zero attached hydrogens (tertiary/aromatic N) is 1. The lowest BCUT2D eigenvalue weighted by Crippen LogP contribution is -2.35. The van der Waals surface area contributed by atoms with Crippen LogP contribution in [0.2, 0.25) is 0 Å². The number of hydrogen-bond donors (Lipinski definition) is 1. The topological polar surface area (TPSA) is 59.0 Å². The van der Waals surface area contributed by atoms with Crippen LogP contribution in [0, 0.1) is 5.92 Å². The molecule has 5 nitrogen and oxygen atoms in total. The minimum Gasteiger partial charge on any atom is -0.508 e. The first-order chi connectivity index (χ1) is 10.6. The van der Waals surface area contributed by atoms with Crippen LogP contribution in [-0.2, 0) is 9.47 Å². The smallest absolute Gasteiger partial charge is 0.253 e. The molecule has 120 valence electrons. The third kappa shape index (κ3) is 3.10. The molecule has 2 aliphatic heterocycles. The number of methoxy groups -OCH3 is 1. The quantitative estimate of drug-likeness (QED) is 0.925. The van der Waals surface area contributed by atoms with Crippen molar-refractivity contribution in [2.75, 3.05) is 33.4 Å². The molecule has 0 saturated carbocycles. The van der Waals surface area contributed by atoms with Gasteiger partial charge in [0, 0.05) is 25.8 Å². The molecule has 2 atom stereocenters. The fourth-order valence-electron chi connectivity index (χ4n) is 3.50. The summed E-state index contributed by atoms with van der Waals surface area (Å²) < 4.78 is 11.2. The molecule has 2 aliphatic rings. The second-order valence-electron chi connectivity index (χ2n) is 6.37. The Hall–Kier alpha value is -1.59. The first kappa shape index (κ1) is 15.3. The number of phenolic OH excluding ortho intramolecular Hbond substituents is 1. The maximum absolute atomic E-state index is 12.5. The van der Waals surface area contributed by atoms with Gasteiger partial charge in [-0.2, -0.15) is 0 Å². The summed E-state index contributed by atoms with van der Waals surface area (Å²) in [6, 6.07) is 6.43. The molecule has 1 N–H and O–H groups in total. The van der Waals surface area contributed by atoms with Crippen LogP contribution in [0.1, 0.15) is 29.6 Å². The predicted octanol–water partition coefficient (Wildman–Crippen LogP) is 2.05. The molecule has 2 saturated heterocycles. The first-order valence-corrected chi connectivity index (χ1v) is 7.83. The van der Waals surface area contributed by atoms with E-state index in [2.05, 4.69) is 0 Å². The summed E-state index contributed by atoms with van der Waals surface area (Å²) in [6.45, 7) is 2.93. The van der Waals surface area contributed by atoms with Crippen LogP contribution in [0.15, 0.2) is 24.3 Å². The van der Waals surface area contributed by atoms with Gasteiger partial charge in [0.1, 0.15) is 5.75 Å². The van der Waals surface area contributed by atoms with Gasteiger partial charge in [-0.25, -0.2) is 0 Å². The molecule has 0 aliphatic carbocycles. The van der Waals surface area contributed by atoms with Gasteiger partial charge in [0.2, 0.25) is 0 Å². The van der Waals surface area contributed by atoms with Gasteiger partial charge in [0.15, 0.2) is 0 Å². The van der Waals surface area contributed by atoms with E-state index >= 15 is 0 Å². The zero-order chi connectivity index (χ0) is 15.6. The van der Waals surface area contributed by atoms with Gasteiger partial charge >= 0.3 is 0 Å². The molecule has 22 heavy (non-hydrogen) atoms. The molecule has 0 unspecified atom stereocenters. The largest absolute Gasteiger partial charge is 0.508 e. The summed E-state index contributed by atoms with van der Waals surface area (Å²) >= 11 is 0. The summed E-state index contributed by atoms with van der Waals surface area (Å²) in [4.78, 5) is 14.4. The zero-order valence-corrected chi connectivity index (χ0v) is 13.0. The lowest BCUT2D eigenvalue weighted by molar-refractivity contribution is 0.0113. The highest BCUT2D eigenvalue weighted by atomic mass is 16.5. The van der Waals surface area contributed by atoms with E-state index in [0.29, 0.717) is 18.0 Å². The molecule has 1 aromatic carbocycles. The van der Waals surface area contributed by atoms with Crippen LogP contribution in [0.25, 0.3) is 0 Å². The van der Waals surface area contributed by atoms with E-state index in [0.717, 1.165) is 39.0 Å². The molecule has 0 radical (unpaired) electrons. The molecule has 5 heteroatoms. The van der Waals surface area contributed by atoms with Crippen molar-refractivity contribution in [1.29, 1.82) is 0 Å². The van der Waals surface area contributed by atoms with Crippen molar-refractivity contribution in [3.63, 3.8) is 0 Å². The minimum absolute atomic E-state index is 0.0146. The average Bonchev–Trinajstić information content (AvgIpc) is 3.13. The van der Waals surface area contributed by atoms with E-state index in [9.17, 15) is 9.90 Å². The van der Waals surface area contributed by atoms with Crippen LogP contribution in [0.4, 0.5) is 0 Å². The zero-order valence-electron chi connectivity index (χ0n) is 13.0. The number of benzene rings is 1. The number of ether oxygens (including phenoxy) is 2. The normalized spacial score (nSPS) is 27.7. The van der Waals surface area contributed by atoms with Gasteiger partial charge in [0.25, 0.3) is 5.91 Å². The predicted molar refractivity (Wildman–Crippen MR) is 81.9 cm³/mol. The highest BCUT2D eigenvalue weighted by Gasteiger charge is 2.46. The van der Waals surface area contributed by atoms with Crippen molar-refractivity contribution >= 4 is 5.91 Å². The lowest BCUT2D eigenvalue weighted by atomic mass is 9.92. The van der Waals surface area contributed by atoms with Gasteiger partial charge in [0.05, 0.1) is 18.8 Å². The number of rotatable bonds is 4. The Kier molecular flexibility index (Phi) is 4.36. The standard InChI is InChI=1S/C17H23NO4/c1-21-9-6-13-10-17(22-11-13)7-8-18(12-17)16(20)14-2-4-15(19)5-3-14/h2-5,13,19H,6-12H2,1H3/t13-,17+/m1/s1. The van der Waals surface area contributed by atoms with Gasteiger partial charge in [-0.3, -0.25) is 4.79 Å². The summed E-state index contributed by atoms with van der Waals surface area (Å²) in [6.07, 6.45) is 2.93. The van der Waals surface area contributed by atoms with Crippen molar-refractivity contribution in [2.45, 2.75) is 24.9 Å². The second-order valence-corrected chi connectivity index (χ2v) is 6.37. The summed E-state index contributed by atoms with van der Waals surface area (Å²) in [5.41, 5.74) is 0.453. The monoisotopic (exact) mass is 305 g/mol. The third-order valence-electron chi connectivity index (χ3n) is 4.73. The first-order valence-electron chi connectivity index (χ1n) is 7.83. The van der Waals surface area contributed by atoms with Gasteiger partial charge < -0.3 is 19.5 Å². The Morgan fingerprint density at radius 3 is 2.95 bits per heavy atom. The van der Waals surface area contributed by atoms with E-state index in [-0.39, 0.29) is 17.3 Å². The number of likely N-dealkylation sites (tertiary alicyclic amines) is 1. The number of phenols is 1. The van der Waals surface area contributed by atoms with Crippen LogP contribution < -0.4 is 0 Å². The van der Waals surface area contributed by atoms with Crippen LogP contribution in [-0.4, -0.2) is 54.9 Å². The molecule has 1 aromatic rings. The van der Waals surface area contributed by atoms with Crippen LogP contribution in [0.5, 0.6) is 5.75 Å². The van der Waals surface area contributed by atoms with Crippen molar-refractivity contribution < 1.29 is 19.4 Å². The lowest BCUT2D eigenvalue weighted by Gasteiger charge is -2.23. The van der Waals surface area contributed by atoms with Crippen molar-refractivity contribution in [1.82, 2.24) is 4.90 Å². The summed E-state index contributed by atoms with van der Waals surface area (Å²) in [5, 5.41) is 9.32. The Balaban J connectivity index is 1.60. The Morgan fingerprint density at radius 2 is 2.23 bits per heavy atom. The number of carbonyl (C=O) groups excluding carboxylic acids is 1. The highest BCUT2D eigenvalue weighted by Crippen LogP contribution is 2.39. The molecular weight excluding hydrogens is 282 g/mol. The average molecular weight is 305 g/mol. The Labute approximate surface area is 130 Å². The van der Waals surface area contributed by atoms with Crippen LogP contribution >= 0.6 is 0 Å². The number of carbonyl (C=O) groups is 1.